The summed E-state index contributed by atoms with van der Waals surface area (Å²) in [4.78, 5) is 27.5. The zero-order valence-electron chi connectivity index (χ0n) is 19.8. The summed E-state index contributed by atoms with van der Waals surface area (Å²) in [5, 5.41) is 4.94. The molecule has 0 bridgehead atoms. The summed E-state index contributed by atoms with van der Waals surface area (Å²) in [6.07, 6.45) is 0.926. The number of hydrogen-bond acceptors (Lipinski definition) is 3. The van der Waals surface area contributed by atoms with Gasteiger partial charge in [-0.05, 0) is 82.7 Å². The molecular weight excluding hydrogens is 504 g/mol. The molecule has 0 heterocycles. The van der Waals surface area contributed by atoms with Crippen LogP contribution in [0.25, 0.3) is 10.8 Å². The fourth-order valence-electron chi connectivity index (χ4n) is 3.94. The summed E-state index contributed by atoms with van der Waals surface area (Å²) in [6.45, 7) is 4.47. The van der Waals surface area contributed by atoms with Crippen LogP contribution in [0.2, 0.25) is 0 Å². The first-order chi connectivity index (χ1) is 17.0. The summed E-state index contributed by atoms with van der Waals surface area (Å²) in [7, 11) is 0. The van der Waals surface area contributed by atoms with Crippen LogP contribution in [0, 0.1) is 0 Å². The third kappa shape index (κ3) is 5.72. The van der Waals surface area contributed by atoms with E-state index in [0.717, 1.165) is 27.4 Å². The minimum Gasteiger partial charge on any atom is -0.483 e. The summed E-state index contributed by atoms with van der Waals surface area (Å²) in [5.41, 5.74) is 3.21. The van der Waals surface area contributed by atoms with Crippen molar-refractivity contribution in [2.45, 2.75) is 20.3 Å². The average Bonchev–Trinajstić information content (AvgIpc) is 2.89. The number of nitrogens with zero attached hydrogens (tertiary/aromatic N) is 1. The monoisotopic (exact) mass is 530 g/mol. The number of ether oxygens (including phenoxy) is 1. The van der Waals surface area contributed by atoms with E-state index in [0.29, 0.717) is 23.5 Å². The van der Waals surface area contributed by atoms with Crippen LogP contribution in [-0.2, 0) is 11.2 Å². The summed E-state index contributed by atoms with van der Waals surface area (Å²) in [5.74, 6) is 0.248. The molecule has 0 aromatic heterocycles. The average molecular weight is 531 g/mol. The predicted molar refractivity (Wildman–Crippen MR) is 145 cm³/mol. The van der Waals surface area contributed by atoms with Crippen molar-refractivity contribution >= 4 is 49.9 Å². The van der Waals surface area contributed by atoms with E-state index >= 15 is 0 Å². The second-order valence-corrected chi connectivity index (χ2v) is 8.93. The molecule has 1 N–H and O–H groups in total. The molecule has 0 spiro atoms. The lowest BCUT2D eigenvalue weighted by atomic mass is 10.1. The fraction of sp³-hybridized carbons (Fsp3) is 0.172. The molecule has 6 heteroatoms. The van der Waals surface area contributed by atoms with Gasteiger partial charge in [-0.25, -0.2) is 0 Å². The number of amides is 2. The third-order valence-electron chi connectivity index (χ3n) is 5.80. The van der Waals surface area contributed by atoms with Crippen LogP contribution < -0.4 is 15.0 Å². The summed E-state index contributed by atoms with van der Waals surface area (Å²) >= 11 is 3.48. The number of fused-ring (bicyclic) bond motifs is 1. The fourth-order valence-corrected chi connectivity index (χ4v) is 4.48. The van der Waals surface area contributed by atoms with Gasteiger partial charge in [0.2, 0.25) is 0 Å². The molecule has 5 nitrogen and oxygen atoms in total. The van der Waals surface area contributed by atoms with Crippen LogP contribution in [0.3, 0.4) is 0 Å². The Morgan fingerprint density at radius 3 is 2.37 bits per heavy atom. The van der Waals surface area contributed by atoms with Crippen LogP contribution in [0.5, 0.6) is 5.75 Å². The number of anilines is 2. The third-order valence-corrected chi connectivity index (χ3v) is 6.42. The number of carbonyl (C=O) groups excluding carboxylic acids is 2. The largest absolute Gasteiger partial charge is 0.483 e. The highest BCUT2D eigenvalue weighted by Crippen LogP contribution is 2.28. The number of aryl methyl sites for hydroxylation is 1. The number of halogens is 1. The quantitative estimate of drug-likeness (QED) is 0.271. The number of rotatable bonds is 8. The molecule has 4 aromatic rings. The Morgan fingerprint density at radius 2 is 1.66 bits per heavy atom. The van der Waals surface area contributed by atoms with Gasteiger partial charge in [-0.1, -0.05) is 49.4 Å². The van der Waals surface area contributed by atoms with Gasteiger partial charge >= 0.3 is 0 Å². The van der Waals surface area contributed by atoms with Gasteiger partial charge in [0.25, 0.3) is 11.8 Å². The molecule has 4 aromatic carbocycles. The molecule has 0 saturated carbocycles. The maximum absolute atomic E-state index is 13.3. The minimum atomic E-state index is -0.276. The van der Waals surface area contributed by atoms with Gasteiger partial charge in [-0.2, -0.15) is 0 Å². The lowest BCUT2D eigenvalue weighted by molar-refractivity contribution is -0.118. The summed E-state index contributed by atoms with van der Waals surface area (Å²) < 4.78 is 6.46. The molecule has 0 atom stereocenters. The molecular formula is C29H27BrN2O3. The van der Waals surface area contributed by atoms with Crippen molar-refractivity contribution in [1.82, 2.24) is 0 Å². The molecule has 0 fully saturated rings. The molecule has 4 rings (SSSR count). The van der Waals surface area contributed by atoms with E-state index in [1.807, 2.05) is 67.6 Å². The molecule has 0 unspecified atom stereocenters. The van der Waals surface area contributed by atoms with Crippen LogP contribution in [-0.4, -0.2) is 25.0 Å². The standard InChI is InChI=1S/C29H27BrN2O3/c1-3-20-12-17-27(25(30)18-20)35-19-28(33)31-23-15-13-22(14-16-23)29(34)32(4-2)26-11-7-9-21-8-5-6-10-24(21)26/h5-18H,3-4,19H2,1-2H3,(H,31,33). The maximum Gasteiger partial charge on any atom is 0.262 e. The molecule has 0 radical (unpaired) electrons. The Morgan fingerprint density at radius 1 is 0.914 bits per heavy atom. The summed E-state index contributed by atoms with van der Waals surface area (Å²) in [6, 6.07) is 26.7. The van der Waals surface area contributed by atoms with E-state index in [-0.39, 0.29) is 18.4 Å². The van der Waals surface area contributed by atoms with Gasteiger partial charge in [0, 0.05) is 23.2 Å². The number of benzene rings is 4. The van der Waals surface area contributed by atoms with E-state index < -0.39 is 0 Å². The first-order valence-corrected chi connectivity index (χ1v) is 12.4. The highest BCUT2D eigenvalue weighted by atomic mass is 79.9. The van der Waals surface area contributed by atoms with E-state index in [9.17, 15) is 9.59 Å². The highest BCUT2D eigenvalue weighted by Gasteiger charge is 2.18. The van der Waals surface area contributed by atoms with Crippen molar-refractivity contribution in [3.05, 3.63) is 101 Å². The van der Waals surface area contributed by atoms with Crippen molar-refractivity contribution in [1.29, 1.82) is 0 Å². The van der Waals surface area contributed by atoms with Crippen molar-refractivity contribution in [2.75, 3.05) is 23.4 Å². The van der Waals surface area contributed by atoms with Crippen molar-refractivity contribution in [3.63, 3.8) is 0 Å². The van der Waals surface area contributed by atoms with Gasteiger partial charge in [0.1, 0.15) is 5.75 Å². The second kappa shape index (κ2) is 11.2. The molecule has 0 aliphatic rings. The van der Waals surface area contributed by atoms with Crippen LogP contribution in [0.1, 0.15) is 29.8 Å². The SMILES string of the molecule is CCc1ccc(OCC(=O)Nc2ccc(C(=O)N(CC)c3cccc4ccccc34)cc2)c(Br)c1. The van der Waals surface area contributed by atoms with Crippen LogP contribution in [0.15, 0.2) is 89.4 Å². The molecule has 0 aliphatic heterocycles. The Kier molecular flexibility index (Phi) is 7.83. The minimum absolute atomic E-state index is 0.0922. The van der Waals surface area contributed by atoms with Gasteiger partial charge < -0.3 is 15.0 Å². The number of carbonyl (C=O) groups is 2. The Bertz CT molecular complexity index is 1350. The molecule has 35 heavy (non-hydrogen) atoms. The van der Waals surface area contributed by atoms with Gasteiger partial charge in [0.05, 0.1) is 10.2 Å². The van der Waals surface area contributed by atoms with E-state index in [4.69, 9.17) is 4.74 Å². The Labute approximate surface area is 213 Å². The Balaban J connectivity index is 1.41. The van der Waals surface area contributed by atoms with Crippen molar-refractivity contribution in [2.24, 2.45) is 0 Å². The Hall–Kier alpha value is -3.64. The topological polar surface area (TPSA) is 58.6 Å². The van der Waals surface area contributed by atoms with E-state index in [2.05, 4.69) is 28.2 Å². The second-order valence-electron chi connectivity index (χ2n) is 8.08. The lowest BCUT2D eigenvalue weighted by Gasteiger charge is -2.23. The first-order valence-electron chi connectivity index (χ1n) is 11.6. The molecule has 0 saturated heterocycles. The van der Waals surface area contributed by atoms with Crippen LogP contribution in [0.4, 0.5) is 11.4 Å². The van der Waals surface area contributed by atoms with Crippen molar-refractivity contribution < 1.29 is 14.3 Å². The van der Waals surface area contributed by atoms with Gasteiger partial charge in [-0.3, -0.25) is 9.59 Å². The van der Waals surface area contributed by atoms with Gasteiger partial charge in [0.15, 0.2) is 6.61 Å². The highest BCUT2D eigenvalue weighted by molar-refractivity contribution is 9.10. The maximum atomic E-state index is 13.3. The number of nitrogens with one attached hydrogen (secondary N) is 1. The first kappa shape index (κ1) is 24.5. The molecule has 178 valence electrons. The zero-order chi connectivity index (χ0) is 24.8. The zero-order valence-corrected chi connectivity index (χ0v) is 21.3. The molecule has 2 amide bonds. The van der Waals surface area contributed by atoms with Crippen molar-refractivity contribution in [3.8, 4) is 5.75 Å². The van der Waals surface area contributed by atoms with Gasteiger partial charge in [-0.15, -0.1) is 0 Å². The normalized spacial score (nSPS) is 10.7. The van der Waals surface area contributed by atoms with E-state index in [1.54, 1.807) is 29.2 Å². The van der Waals surface area contributed by atoms with Crippen LogP contribution >= 0.6 is 15.9 Å². The number of hydrogen-bond donors (Lipinski definition) is 1. The van der Waals surface area contributed by atoms with E-state index in [1.165, 1.54) is 5.56 Å². The smallest absolute Gasteiger partial charge is 0.262 e. The predicted octanol–water partition coefficient (Wildman–Crippen LogP) is 6.85. The molecule has 0 aliphatic carbocycles. The lowest BCUT2D eigenvalue weighted by Crippen LogP contribution is -2.30.